The van der Waals surface area contributed by atoms with Crippen molar-refractivity contribution >= 4 is 0 Å². The van der Waals surface area contributed by atoms with Crippen molar-refractivity contribution in [3.8, 4) is 0 Å². The standard InChI is InChI=1S/C14H28N4/c1-6-8-15-10-14(5,7-2)9-13-16-11-17-18(13)12(3)4/h11-12,15H,6-10H2,1-5H3. The predicted molar refractivity (Wildman–Crippen MR) is 75.7 cm³/mol. The molecule has 1 heterocycles. The molecule has 0 saturated carbocycles. The maximum absolute atomic E-state index is 4.42. The maximum atomic E-state index is 4.42. The van der Waals surface area contributed by atoms with Crippen LogP contribution in [0.3, 0.4) is 0 Å². The van der Waals surface area contributed by atoms with Gasteiger partial charge in [0.25, 0.3) is 0 Å². The minimum Gasteiger partial charge on any atom is -0.316 e. The lowest BCUT2D eigenvalue weighted by molar-refractivity contribution is 0.277. The van der Waals surface area contributed by atoms with Crippen LogP contribution >= 0.6 is 0 Å². The summed E-state index contributed by atoms with van der Waals surface area (Å²) in [5, 5.41) is 7.85. The summed E-state index contributed by atoms with van der Waals surface area (Å²) in [5.41, 5.74) is 0.259. The number of nitrogens with zero attached hydrogens (tertiary/aromatic N) is 3. The molecule has 0 aliphatic rings. The molecule has 1 unspecified atom stereocenters. The molecule has 1 rings (SSSR count). The first kappa shape index (κ1) is 15.2. The lowest BCUT2D eigenvalue weighted by Gasteiger charge is -2.28. The Morgan fingerprint density at radius 2 is 2.11 bits per heavy atom. The zero-order valence-corrected chi connectivity index (χ0v) is 12.5. The first-order valence-corrected chi connectivity index (χ1v) is 7.11. The molecule has 0 saturated heterocycles. The zero-order chi connectivity index (χ0) is 13.6. The van der Waals surface area contributed by atoms with Gasteiger partial charge in [0.2, 0.25) is 0 Å². The monoisotopic (exact) mass is 252 g/mol. The van der Waals surface area contributed by atoms with Crippen LogP contribution in [0, 0.1) is 5.41 Å². The summed E-state index contributed by atoms with van der Waals surface area (Å²) >= 11 is 0. The number of aromatic nitrogens is 3. The van der Waals surface area contributed by atoms with Crippen LogP contribution in [0.25, 0.3) is 0 Å². The second-order valence-corrected chi connectivity index (χ2v) is 5.73. The number of hydrogen-bond donors (Lipinski definition) is 1. The molecule has 104 valence electrons. The smallest absolute Gasteiger partial charge is 0.138 e. The van der Waals surface area contributed by atoms with Crippen molar-refractivity contribution in [2.45, 2.75) is 59.9 Å². The highest BCUT2D eigenvalue weighted by molar-refractivity contribution is 4.94. The van der Waals surface area contributed by atoms with Crippen molar-refractivity contribution in [1.82, 2.24) is 20.1 Å². The third-order valence-electron chi connectivity index (χ3n) is 3.55. The van der Waals surface area contributed by atoms with E-state index in [1.54, 1.807) is 6.33 Å². The number of rotatable bonds is 8. The second kappa shape index (κ2) is 6.88. The number of nitrogens with one attached hydrogen (secondary N) is 1. The molecule has 1 aromatic rings. The van der Waals surface area contributed by atoms with Crippen molar-refractivity contribution in [2.75, 3.05) is 13.1 Å². The van der Waals surface area contributed by atoms with Gasteiger partial charge in [-0.1, -0.05) is 20.8 Å². The van der Waals surface area contributed by atoms with Gasteiger partial charge in [-0.3, -0.25) is 0 Å². The lowest BCUT2D eigenvalue weighted by atomic mass is 9.83. The summed E-state index contributed by atoms with van der Waals surface area (Å²) in [5.74, 6) is 1.10. The highest BCUT2D eigenvalue weighted by atomic mass is 15.3. The zero-order valence-electron chi connectivity index (χ0n) is 12.5. The molecule has 18 heavy (non-hydrogen) atoms. The highest BCUT2D eigenvalue weighted by Crippen LogP contribution is 2.25. The van der Waals surface area contributed by atoms with Gasteiger partial charge in [-0.05, 0) is 38.6 Å². The molecule has 0 aliphatic heterocycles. The predicted octanol–water partition coefficient (Wildman–Crippen LogP) is 2.82. The van der Waals surface area contributed by atoms with Crippen molar-refractivity contribution in [1.29, 1.82) is 0 Å². The van der Waals surface area contributed by atoms with Crippen molar-refractivity contribution in [3.05, 3.63) is 12.2 Å². The Labute approximate surface area is 111 Å². The lowest BCUT2D eigenvalue weighted by Crippen LogP contribution is -2.34. The van der Waals surface area contributed by atoms with E-state index in [4.69, 9.17) is 0 Å². The Hall–Kier alpha value is -0.900. The molecular formula is C14H28N4. The minimum atomic E-state index is 0.259. The molecule has 4 nitrogen and oxygen atoms in total. The third kappa shape index (κ3) is 4.09. The summed E-state index contributed by atoms with van der Waals surface area (Å²) < 4.78 is 2.04. The van der Waals surface area contributed by atoms with E-state index in [0.717, 1.165) is 31.8 Å². The summed E-state index contributed by atoms with van der Waals surface area (Å²) in [6, 6.07) is 0.382. The average molecular weight is 252 g/mol. The maximum Gasteiger partial charge on any atom is 0.138 e. The van der Waals surface area contributed by atoms with Gasteiger partial charge in [0.05, 0.1) is 0 Å². The van der Waals surface area contributed by atoms with Gasteiger partial charge < -0.3 is 5.32 Å². The van der Waals surface area contributed by atoms with Gasteiger partial charge in [0.1, 0.15) is 12.2 Å². The van der Waals surface area contributed by atoms with E-state index in [2.05, 4.69) is 50.0 Å². The molecular weight excluding hydrogens is 224 g/mol. The van der Waals surface area contributed by atoms with Gasteiger partial charge in [-0.25, -0.2) is 9.67 Å². The number of hydrogen-bond acceptors (Lipinski definition) is 3. The van der Waals surface area contributed by atoms with Gasteiger partial charge in [-0.15, -0.1) is 0 Å². The Balaban J connectivity index is 2.69. The Morgan fingerprint density at radius 3 is 2.67 bits per heavy atom. The van der Waals surface area contributed by atoms with E-state index in [0.29, 0.717) is 6.04 Å². The molecule has 1 N–H and O–H groups in total. The molecule has 0 amide bonds. The fourth-order valence-corrected chi connectivity index (χ4v) is 2.09. The van der Waals surface area contributed by atoms with Gasteiger partial charge in [0, 0.05) is 19.0 Å². The van der Waals surface area contributed by atoms with Gasteiger partial charge >= 0.3 is 0 Å². The highest BCUT2D eigenvalue weighted by Gasteiger charge is 2.25. The minimum absolute atomic E-state index is 0.259. The van der Waals surface area contributed by atoms with Gasteiger partial charge in [-0.2, -0.15) is 5.10 Å². The van der Waals surface area contributed by atoms with Crippen LogP contribution in [0.4, 0.5) is 0 Å². The Morgan fingerprint density at radius 1 is 1.39 bits per heavy atom. The van der Waals surface area contributed by atoms with E-state index in [9.17, 15) is 0 Å². The fraction of sp³-hybridized carbons (Fsp3) is 0.857. The molecule has 0 spiro atoms. The van der Waals surface area contributed by atoms with Crippen molar-refractivity contribution in [2.24, 2.45) is 5.41 Å². The largest absolute Gasteiger partial charge is 0.316 e. The van der Waals surface area contributed by atoms with Crippen LogP contribution in [-0.2, 0) is 6.42 Å². The SMILES string of the molecule is CCCNCC(C)(CC)Cc1ncnn1C(C)C. The third-order valence-corrected chi connectivity index (χ3v) is 3.55. The van der Waals surface area contributed by atoms with Gasteiger partial charge in [0.15, 0.2) is 0 Å². The van der Waals surface area contributed by atoms with Crippen LogP contribution in [0.15, 0.2) is 6.33 Å². The Kier molecular flexibility index (Phi) is 5.79. The van der Waals surface area contributed by atoms with Crippen LogP contribution in [0.2, 0.25) is 0 Å². The summed E-state index contributed by atoms with van der Waals surface area (Å²) in [7, 11) is 0. The van der Waals surface area contributed by atoms with Crippen LogP contribution < -0.4 is 5.32 Å². The van der Waals surface area contributed by atoms with Crippen molar-refractivity contribution in [3.63, 3.8) is 0 Å². The second-order valence-electron chi connectivity index (χ2n) is 5.73. The van der Waals surface area contributed by atoms with E-state index >= 15 is 0 Å². The molecule has 0 bridgehead atoms. The Bertz CT molecular complexity index is 345. The molecule has 0 aromatic carbocycles. The summed E-state index contributed by atoms with van der Waals surface area (Å²) in [6.45, 7) is 13.2. The van der Waals surface area contributed by atoms with E-state index in [1.807, 2.05) is 4.68 Å². The average Bonchev–Trinajstić information content (AvgIpc) is 2.77. The molecule has 4 heteroatoms. The summed E-state index contributed by atoms with van der Waals surface area (Å²) in [4.78, 5) is 4.42. The topological polar surface area (TPSA) is 42.7 Å². The van der Waals surface area contributed by atoms with Crippen LogP contribution in [0.1, 0.15) is 59.3 Å². The van der Waals surface area contributed by atoms with Crippen molar-refractivity contribution < 1.29 is 0 Å². The fourth-order valence-electron chi connectivity index (χ4n) is 2.09. The normalized spacial score (nSPS) is 15.0. The molecule has 1 atom stereocenters. The molecule has 0 fully saturated rings. The first-order chi connectivity index (χ1) is 8.52. The quantitative estimate of drug-likeness (QED) is 0.723. The van der Waals surface area contributed by atoms with Crippen LogP contribution in [-0.4, -0.2) is 27.9 Å². The van der Waals surface area contributed by atoms with Crippen LogP contribution in [0.5, 0.6) is 0 Å². The van der Waals surface area contributed by atoms with E-state index in [-0.39, 0.29) is 5.41 Å². The molecule has 1 aromatic heterocycles. The van der Waals surface area contributed by atoms with E-state index < -0.39 is 0 Å². The molecule has 0 radical (unpaired) electrons. The van der Waals surface area contributed by atoms with E-state index in [1.165, 1.54) is 6.42 Å². The first-order valence-electron chi connectivity index (χ1n) is 7.11. The summed E-state index contributed by atoms with van der Waals surface area (Å²) in [6.07, 6.45) is 4.99. The molecule has 0 aliphatic carbocycles.